The van der Waals surface area contributed by atoms with E-state index in [1.54, 1.807) is 24.4 Å². The van der Waals surface area contributed by atoms with Gasteiger partial charge in [0.05, 0.1) is 11.1 Å². The number of carbonyl (C=O) groups excluding carboxylic acids is 2. The van der Waals surface area contributed by atoms with Crippen LogP contribution in [0.15, 0.2) is 24.4 Å². The second-order valence-electron chi connectivity index (χ2n) is 5.06. The van der Waals surface area contributed by atoms with E-state index in [2.05, 4.69) is 12.2 Å². The Morgan fingerprint density at radius 2 is 2.05 bits per heavy atom. The van der Waals surface area contributed by atoms with Gasteiger partial charge in [0.15, 0.2) is 0 Å². The third-order valence-electron chi connectivity index (χ3n) is 3.42. The van der Waals surface area contributed by atoms with Gasteiger partial charge in [-0.15, -0.1) is 0 Å². The number of aromatic nitrogens is 1. The van der Waals surface area contributed by atoms with Crippen molar-refractivity contribution in [3.63, 3.8) is 0 Å². The van der Waals surface area contributed by atoms with Crippen LogP contribution in [0.3, 0.4) is 0 Å². The molecule has 0 aliphatic rings. The highest BCUT2D eigenvalue weighted by atomic mass is 35.5. The minimum Gasteiger partial charge on any atom is -0.352 e. The minimum absolute atomic E-state index is 0.146. The molecule has 0 aliphatic carbocycles. The lowest BCUT2D eigenvalue weighted by Gasteiger charge is -2.03. The molecule has 1 aromatic carbocycles. The molecule has 1 N–H and O–H groups in total. The zero-order valence-electron chi connectivity index (χ0n) is 12.3. The van der Waals surface area contributed by atoms with Gasteiger partial charge in [-0.2, -0.15) is 0 Å². The first kappa shape index (κ1) is 15.6. The molecule has 4 nitrogen and oxygen atoms in total. The molecule has 5 heteroatoms. The number of halogens is 1. The van der Waals surface area contributed by atoms with Crippen molar-refractivity contribution in [2.45, 2.75) is 33.1 Å². The van der Waals surface area contributed by atoms with E-state index in [1.807, 2.05) is 0 Å². The first-order chi connectivity index (χ1) is 10.0. The van der Waals surface area contributed by atoms with Crippen LogP contribution in [-0.2, 0) is 0 Å². The number of hydrogen-bond donors (Lipinski definition) is 1. The number of fused-ring (bicyclic) bond motifs is 1. The van der Waals surface area contributed by atoms with Gasteiger partial charge in [-0.25, -0.2) is 0 Å². The molecule has 0 aliphatic heterocycles. The zero-order chi connectivity index (χ0) is 15.4. The molecule has 1 amide bonds. The smallest absolute Gasteiger partial charge is 0.253 e. The molecular weight excluding hydrogens is 288 g/mol. The molecule has 2 aromatic rings. The molecule has 0 spiro atoms. The van der Waals surface area contributed by atoms with Crippen LogP contribution in [0.25, 0.3) is 10.9 Å². The fourth-order valence-electron chi connectivity index (χ4n) is 2.31. The second-order valence-corrected chi connectivity index (χ2v) is 5.49. The first-order valence-electron chi connectivity index (χ1n) is 7.14. The van der Waals surface area contributed by atoms with Crippen molar-refractivity contribution in [1.82, 2.24) is 9.88 Å². The van der Waals surface area contributed by atoms with Crippen LogP contribution in [0.4, 0.5) is 0 Å². The van der Waals surface area contributed by atoms with Crippen molar-refractivity contribution in [1.29, 1.82) is 0 Å². The summed E-state index contributed by atoms with van der Waals surface area (Å²) in [5, 5.41) is 4.17. The summed E-state index contributed by atoms with van der Waals surface area (Å²) in [6, 6.07) is 5.20. The van der Waals surface area contributed by atoms with E-state index >= 15 is 0 Å². The largest absolute Gasteiger partial charge is 0.352 e. The number of amides is 1. The highest BCUT2D eigenvalue weighted by Gasteiger charge is 2.16. The first-order valence-corrected chi connectivity index (χ1v) is 7.52. The molecular formula is C16H19ClN2O2. The number of nitrogens with zero attached hydrogens (tertiary/aromatic N) is 1. The maximum atomic E-state index is 12.3. The highest BCUT2D eigenvalue weighted by Crippen LogP contribution is 2.25. The van der Waals surface area contributed by atoms with Crippen LogP contribution < -0.4 is 5.32 Å². The predicted octanol–water partition coefficient (Wildman–Crippen LogP) is 3.87. The van der Waals surface area contributed by atoms with Crippen LogP contribution in [-0.4, -0.2) is 22.9 Å². The van der Waals surface area contributed by atoms with Crippen LogP contribution in [0.1, 0.15) is 48.3 Å². The van der Waals surface area contributed by atoms with Crippen LogP contribution in [0.2, 0.25) is 5.02 Å². The Bertz CT molecular complexity index is 676. The normalized spacial score (nSPS) is 10.8. The van der Waals surface area contributed by atoms with Gasteiger partial charge in [0.2, 0.25) is 5.91 Å². The number of hydrogen-bond acceptors (Lipinski definition) is 2. The van der Waals surface area contributed by atoms with Gasteiger partial charge in [-0.3, -0.25) is 14.2 Å². The van der Waals surface area contributed by atoms with E-state index in [-0.39, 0.29) is 11.8 Å². The van der Waals surface area contributed by atoms with E-state index in [1.165, 1.54) is 11.5 Å². The molecule has 0 atom stereocenters. The van der Waals surface area contributed by atoms with Crippen molar-refractivity contribution in [3.8, 4) is 0 Å². The number of rotatable bonds is 5. The third kappa shape index (κ3) is 3.45. The highest BCUT2D eigenvalue weighted by molar-refractivity contribution is 6.31. The molecule has 21 heavy (non-hydrogen) atoms. The Labute approximate surface area is 129 Å². The Morgan fingerprint density at radius 3 is 2.71 bits per heavy atom. The van der Waals surface area contributed by atoms with Crippen molar-refractivity contribution in [2.24, 2.45) is 0 Å². The number of unbranched alkanes of at least 4 members (excludes halogenated alkanes) is 2. The Kier molecular flexibility index (Phi) is 5.02. The van der Waals surface area contributed by atoms with Gasteiger partial charge < -0.3 is 5.32 Å². The number of carbonyl (C=O) groups is 2. The van der Waals surface area contributed by atoms with E-state index in [9.17, 15) is 9.59 Å². The monoisotopic (exact) mass is 306 g/mol. The van der Waals surface area contributed by atoms with Gasteiger partial charge in [0.1, 0.15) is 0 Å². The summed E-state index contributed by atoms with van der Waals surface area (Å²) in [4.78, 5) is 24.0. The van der Waals surface area contributed by atoms with E-state index in [0.29, 0.717) is 22.6 Å². The van der Waals surface area contributed by atoms with E-state index in [4.69, 9.17) is 11.6 Å². The van der Waals surface area contributed by atoms with Crippen LogP contribution >= 0.6 is 11.6 Å². The van der Waals surface area contributed by atoms with Gasteiger partial charge in [0.25, 0.3) is 5.91 Å². The maximum absolute atomic E-state index is 12.3. The van der Waals surface area contributed by atoms with Crippen molar-refractivity contribution < 1.29 is 9.59 Å². The lowest BCUT2D eigenvalue weighted by Crippen LogP contribution is -2.24. The van der Waals surface area contributed by atoms with Gasteiger partial charge in [-0.05, 0) is 18.6 Å². The zero-order valence-corrected chi connectivity index (χ0v) is 13.0. The predicted molar refractivity (Wildman–Crippen MR) is 85.1 cm³/mol. The summed E-state index contributed by atoms with van der Waals surface area (Å²) in [7, 11) is 0. The van der Waals surface area contributed by atoms with E-state index in [0.717, 1.165) is 24.6 Å². The Balaban J connectivity index is 2.31. The average Bonchev–Trinajstić information content (AvgIpc) is 2.82. The van der Waals surface area contributed by atoms with Crippen molar-refractivity contribution >= 4 is 34.3 Å². The molecule has 112 valence electrons. The molecule has 0 bridgehead atoms. The summed E-state index contributed by atoms with van der Waals surface area (Å²) < 4.78 is 1.46. The fourth-order valence-corrected chi connectivity index (χ4v) is 2.48. The number of benzene rings is 1. The van der Waals surface area contributed by atoms with E-state index < -0.39 is 0 Å². The SMILES string of the molecule is CCCCCNC(=O)c1cn(C(C)=O)c2cc(Cl)ccc12. The summed E-state index contributed by atoms with van der Waals surface area (Å²) in [5.41, 5.74) is 1.17. The van der Waals surface area contributed by atoms with Gasteiger partial charge in [-0.1, -0.05) is 37.4 Å². The summed E-state index contributed by atoms with van der Waals surface area (Å²) in [5.74, 6) is -0.300. The summed E-state index contributed by atoms with van der Waals surface area (Å²) >= 11 is 5.98. The molecule has 0 fully saturated rings. The van der Waals surface area contributed by atoms with Crippen molar-refractivity contribution in [3.05, 3.63) is 35.0 Å². The van der Waals surface area contributed by atoms with Gasteiger partial charge in [0, 0.05) is 30.1 Å². The molecule has 0 saturated heterocycles. The minimum atomic E-state index is -0.154. The summed E-state index contributed by atoms with van der Waals surface area (Å²) in [6.45, 7) is 4.22. The summed E-state index contributed by atoms with van der Waals surface area (Å²) in [6.07, 6.45) is 4.74. The second kappa shape index (κ2) is 6.76. The average molecular weight is 307 g/mol. The maximum Gasteiger partial charge on any atom is 0.253 e. The van der Waals surface area contributed by atoms with Crippen molar-refractivity contribution in [2.75, 3.05) is 6.54 Å². The molecule has 1 heterocycles. The molecule has 0 saturated carbocycles. The molecule has 2 rings (SSSR count). The number of nitrogens with one attached hydrogen (secondary N) is 1. The molecule has 1 aromatic heterocycles. The quantitative estimate of drug-likeness (QED) is 0.852. The third-order valence-corrected chi connectivity index (χ3v) is 3.65. The van der Waals surface area contributed by atoms with Crippen LogP contribution in [0.5, 0.6) is 0 Å². The topological polar surface area (TPSA) is 51.1 Å². The Morgan fingerprint density at radius 1 is 1.29 bits per heavy atom. The van der Waals surface area contributed by atoms with Crippen LogP contribution in [0, 0.1) is 0 Å². The standard InChI is InChI=1S/C16H19ClN2O2/c1-3-4-5-8-18-16(21)14-10-19(11(2)20)15-9-12(17)6-7-13(14)15/h6-7,9-10H,3-5,8H2,1-2H3,(H,18,21). The molecule has 0 unspecified atom stereocenters. The Hall–Kier alpha value is -1.81. The lowest BCUT2D eigenvalue weighted by molar-refractivity contribution is 0.0941. The molecule has 0 radical (unpaired) electrons. The fraction of sp³-hybridized carbons (Fsp3) is 0.375. The lowest BCUT2D eigenvalue weighted by atomic mass is 10.1. The van der Waals surface area contributed by atoms with Gasteiger partial charge >= 0.3 is 0 Å².